The molecule has 0 unspecified atom stereocenters. The van der Waals surface area contributed by atoms with Gasteiger partial charge in [-0.1, -0.05) is 123 Å². The highest BCUT2D eigenvalue weighted by Gasteiger charge is 2.27. The Labute approximate surface area is 321 Å². The Balaban J connectivity index is 1.53. The van der Waals surface area contributed by atoms with E-state index in [0.29, 0.717) is 69.1 Å². The Kier molecular flexibility index (Phi) is 9.63. The van der Waals surface area contributed by atoms with Crippen LogP contribution in [0.15, 0.2) is 103 Å². The molecule has 3 aromatic heterocycles. The highest BCUT2D eigenvalue weighted by atomic mass is 19.1. The summed E-state index contributed by atoms with van der Waals surface area (Å²) in [7, 11) is 0. The van der Waals surface area contributed by atoms with Gasteiger partial charge in [0.05, 0.1) is 0 Å². The number of benzene rings is 4. The van der Waals surface area contributed by atoms with Gasteiger partial charge < -0.3 is 0 Å². The van der Waals surface area contributed by atoms with Crippen molar-refractivity contribution >= 4 is 0 Å². The third kappa shape index (κ3) is 8.33. The van der Waals surface area contributed by atoms with Crippen LogP contribution < -0.4 is 0 Å². The summed E-state index contributed by atoms with van der Waals surface area (Å²) in [6, 6.07) is 31.7. The predicted molar refractivity (Wildman–Crippen MR) is 215 cm³/mol. The summed E-state index contributed by atoms with van der Waals surface area (Å²) >= 11 is 0. The number of hydrogen-bond acceptors (Lipinski definition) is 9. The molecule has 10 heteroatoms. The van der Waals surface area contributed by atoms with Gasteiger partial charge in [-0.3, -0.25) is 0 Å². The van der Waals surface area contributed by atoms with Gasteiger partial charge >= 0.3 is 0 Å². The van der Waals surface area contributed by atoms with Crippen LogP contribution in [-0.4, -0.2) is 44.9 Å². The van der Waals surface area contributed by atoms with Crippen molar-refractivity contribution in [3.05, 3.63) is 126 Å². The van der Waals surface area contributed by atoms with E-state index in [1.807, 2.05) is 78.9 Å². The third-order valence-electron chi connectivity index (χ3n) is 8.79. The summed E-state index contributed by atoms with van der Waals surface area (Å²) in [5.41, 5.74) is 3.37. The second-order valence-electron chi connectivity index (χ2n) is 16.7. The highest BCUT2D eigenvalue weighted by molar-refractivity contribution is 5.77. The lowest BCUT2D eigenvalue weighted by Crippen LogP contribution is -2.24. The molecule has 276 valence electrons. The molecule has 0 atom stereocenters. The molecule has 0 N–H and O–H groups in total. The van der Waals surface area contributed by atoms with Gasteiger partial charge in [0.15, 0.2) is 34.9 Å². The summed E-state index contributed by atoms with van der Waals surface area (Å²) < 4.78 is 14.1. The van der Waals surface area contributed by atoms with Crippen molar-refractivity contribution in [1.29, 1.82) is 0 Å². The molecule has 0 saturated heterocycles. The van der Waals surface area contributed by atoms with Gasteiger partial charge in [-0.15, -0.1) is 0 Å². The standard InChI is InChI=1S/C45H44FN9/c1-43(2,3)40-51-36(28-18-14-11-15-19-28)50-38(52-40)31-24-30(25-32(26-31)39-53-41(44(4,5)6)55-42(54-39)45(7,8)9)37-48-34(27-16-12-10-13-17-27)47-35(49-37)29-20-22-33(46)23-21-29/h10-26H,1-9H3. The van der Waals surface area contributed by atoms with Gasteiger partial charge in [0.1, 0.15) is 23.3 Å². The minimum absolute atomic E-state index is 0.345. The summed E-state index contributed by atoms with van der Waals surface area (Å²) in [6.07, 6.45) is 0. The zero-order valence-electron chi connectivity index (χ0n) is 32.7. The summed E-state index contributed by atoms with van der Waals surface area (Å²) in [5, 5.41) is 0. The van der Waals surface area contributed by atoms with E-state index in [2.05, 4.69) is 62.3 Å². The smallest absolute Gasteiger partial charge is 0.164 e. The highest BCUT2D eigenvalue weighted by Crippen LogP contribution is 2.34. The largest absolute Gasteiger partial charge is 0.217 e. The van der Waals surface area contributed by atoms with Crippen LogP contribution >= 0.6 is 0 Å². The molecular formula is C45H44FN9. The Bertz CT molecular complexity index is 2450. The molecule has 0 amide bonds. The quantitative estimate of drug-likeness (QED) is 0.165. The van der Waals surface area contributed by atoms with Crippen LogP contribution in [0.25, 0.3) is 68.3 Å². The van der Waals surface area contributed by atoms with Gasteiger partial charge in [-0.05, 0) is 42.5 Å². The van der Waals surface area contributed by atoms with Crippen LogP contribution in [0.3, 0.4) is 0 Å². The Morgan fingerprint density at radius 2 is 0.582 bits per heavy atom. The zero-order chi connectivity index (χ0) is 39.1. The SMILES string of the molecule is CC(C)(C)c1nc(-c2ccccc2)nc(-c2cc(-c3nc(-c4ccccc4)nc(-c4ccc(F)cc4)n3)cc(-c3nc(C(C)(C)C)nc(C(C)(C)C)n3)c2)n1. The van der Waals surface area contributed by atoms with Crippen LogP contribution in [0.5, 0.6) is 0 Å². The van der Waals surface area contributed by atoms with Gasteiger partial charge in [0.2, 0.25) is 0 Å². The summed E-state index contributed by atoms with van der Waals surface area (Å²) in [5.74, 6) is 4.52. The Hall–Kier alpha value is -6.16. The van der Waals surface area contributed by atoms with Crippen LogP contribution in [0.2, 0.25) is 0 Å². The molecule has 0 bridgehead atoms. The molecule has 7 aromatic rings. The van der Waals surface area contributed by atoms with E-state index in [9.17, 15) is 4.39 Å². The number of aromatic nitrogens is 9. The van der Waals surface area contributed by atoms with Gasteiger partial charge in [0, 0.05) is 49.6 Å². The van der Waals surface area contributed by atoms with E-state index in [0.717, 1.165) is 16.7 Å². The molecule has 0 spiro atoms. The normalized spacial score (nSPS) is 12.2. The molecule has 0 saturated carbocycles. The molecular weight excluding hydrogens is 686 g/mol. The second-order valence-corrected chi connectivity index (χ2v) is 16.7. The minimum Gasteiger partial charge on any atom is -0.217 e. The Morgan fingerprint density at radius 3 is 0.945 bits per heavy atom. The predicted octanol–water partition coefficient (Wildman–Crippen LogP) is 10.3. The van der Waals surface area contributed by atoms with Crippen molar-refractivity contribution < 1.29 is 4.39 Å². The fourth-order valence-electron chi connectivity index (χ4n) is 5.70. The second kappa shape index (κ2) is 14.2. The molecule has 0 aliphatic rings. The van der Waals surface area contributed by atoms with E-state index in [-0.39, 0.29) is 22.1 Å². The van der Waals surface area contributed by atoms with Gasteiger partial charge in [-0.25, -0.2) is 49.2 Å². The lowest BCUT2D eigenvalue weighted by molar-refractivity contribution is 0.497. The molecule has 0 aliphatic carbocycles. The zero-order valence-corrected chi connectivity index (χ0v) is 32.7. The number of hydrogen-bond donors (Lipinski definition) is 0. The first-order valence-electron chi connectivity index (χ1n) is 18.3. The van der Waals surface area contributed by atoms with E-state index < -0.39 is 0 Å². The van der Waals surface area contributed by atoms with Gasteiger partial charge in [-0.2, -0.15) is 0 Å². The minimum atomic E-state index is -0.373. The monoisotopic (exact) mass is 729 g/mol. The van der Waals surface area contributed by atoms with Crippen molar-refractivity contribution in [2.24, 2.45) is 0 Å². The lowest BCUT2D eigenvalue weighted by atomic mass is 9.92. The maximum atomic E-state index is 14.1. The van der Waals surface area contributed by atoms with E-state index in [1.165, 1.54) is 12.1 Å². The fraction of sp³-hybridized carbons (Fsp3) is 0.267. The molecule has 3 heterocycles. The molecule has 0 aliphatic heterocycles. The molecule has 4 aromatic carbocycles. The summed E-state index contributed by atoms with van der Waals surface area (Å²) in [4.78, 5) is 44.9. The van der Waals surface area contributed by atoms with Crippen molar-refractivity contribution in [3.8, 4) is 68.3 Å². The van der Waals surface area contributed by atoms with Gasteiger partial charge in [0.25, 0.3) is 0 Å². The maximum Gasteiger partial charge on any atom is 0.164 e. The van der Waals surface area contributed by atoms with Crippen LogP contribution in [0, 0.1) is 5.82 Å². The van der Waals surface area contributed by atoms with Crippen molar-refractivity contribution in [3.63, 3.8) is 0 Å². The lowest BCUT2D eigenvalue weighted by Gasteiger charge is -2.23. The number of rotatable bonds is 6. The fourth-order valence-corrected chi connectivity index (χ4v) is 5.70. The van der Waals surface area contributed by atoms with Crippen molar-refractivity contribution in [1.82, 2.24) is 44.9 Å². The van der Waals surface area contributed by atoms with Crippen LogP contribution in [0.1, 0.15) is 79.8 Å². The van der Waals surface area contributed by atoms with Crippen molar-refractivity contribution in [2.45, 2.75) is 78.6 Å². The van der Waals surface area contributed by atoms with Crippen LogP contribution in [0.4, 0.5) is 4.39 Å². The Morgan fingerprint density at radius 1 is 0.309 bits per heavy atom. The average Bonchev–Trinajstić information content (AvgIpc) is 3.17. The first-order chi connectivity index (χ1) is 26.0. The third-order valence-corrected chi connectivity index (χ3v) is 8.79. The van der Waals surface area contributed by atoms with E-state index in [1.54, 1.807) is 12.1 Å². The maximum absolute atomic E-state index is 14.1. The molecule has 9 nitrogen and oxygen atoms in total. The topological polar surface area (TPSA) is 116 Å². The molecule has 0 fully saturated rings. The number of halogens is 1. The van der Waals surface area contributed by atoms with E-state index in [4.69, 9.17) is 44.9 Å². The molecule has 7 rings (SSSR count). The summed E-state index contributed by atoms with van der Waals surface area (Å²) in [6.45, 7) is 18.8. The molecule has 55 heavy (non-hydrogen) atoms. The van der Waals surface area contributed by atoms with E-state index >= 15 is 0 Å². The number of nitrogens with zero attached hydrogens (tertiary/aromatic N) is 9. The first kappa shape index (κ1) is 37.2. The average molecular weight is 730 g/mol. The first-order valence-corrected chi connectivity index (χ1v) is 18.3. The van der Waals surface area contributed by atoms with Crippen molar-refractivity contribution in [2.75, 3.05) is 0 Å². The van der Waals surface area contributed by atoms with Crippen LogP contribution in [-0.2, 0) is 16.2 Å². The molecule has 0 radical (unpaired) electrons.